The van der Waals surface area contributed by atoms with Gasteiger partial charge in [0.15, 0.2) is 0 Å². The molecular formula is C19H20N2O3. The molecule has 1 fully saturated rings. The Morgan fingerprint density at radius 2 is 1.71 bits per heavy atom. The molecule has 3 rings (SSSR count). The van der Waals surface area contributed by atoms with Gasteiger partial charge in [0.05, 0.1) is 7.11 Å². The summed E-state index contributed by atoms with van der Waals surface area (Å²) in [5.74, 6) is 0.567. The van der Waals surface area contributed by atoms with Gasteiger partial charge in [-0.1, -0.05) is 42.5 Å². The summed E-state index contributed by atoms with van der Waals surface area (Å²) < 4.78 is 5.13. The lowest BCUT2D eigenvalue weighted by atomic mass is 9.92. The van der Waals surface area contributed by atoms with Crippen molar-refractivity contribution in [3.63, 3.8) is 0 Å². The van der Waals surface area contributed by atoms with Crippen LogP contribution in [0.5, 0.6) is 5.75 Å². The maximum absolute atomic E-state index is 12.8. The van der Waals surface area contributed by atoms with Gasteiger partial charge in [-0.15, -0.1) is 0 Å². The zero-order chi connectivity index (χ0) is 17.2. The highest BCUT2D eigenvalue weighted by Gasteiger charge is 2.48. The maximum atomic E-state index is 12.8. The first-order valence-corrected chi connectivity index (χ1v) is 7.87. The third-order valence-electron chi connectivity index (χ3n) is 4.41. The van der Waals surface area contributed by atoms with Crippen molar-refractivity contribution < 1.29 is 14.3 Å². The average Bonchev–Trinajstić information content (AvgIpc) is 2.84. The topological polar surface area (TPSA) is 58.6 Å². The van der Waals surface area contributed by atoms with Crippen molar-refractivity contribution in [2.24, 2.45) is 0 Å². The van der Waals surface area contributed by atoms with Crippen molar-refractivity contribution in [1.29, 1.82) is 0 Å². The lowest BCUT2D eigenvalue weighted by molar-refractivity contribution is -0.131. The Balaban J connectivity index is 1.72. The Morgan fingerprint density at radius 3 is 2.33 bits per heavy atom. The molecule has 2 aromatic carbocycles. The van der Waals surface area contributed by atoms with Crippen molar-refractivity contribution in [2.75, 3.05) is 13.7 Å². The normalized spacial score (nSPS) is 20.2. The summed E-state index contributed by atoms with van der Waals surface area (Å²) in [5, 5.41) is 2.82. The molecule has 1 heterocycles. The van der Waals surface area contributed by atoms with Gasteiger partial charge in [-0.25, -0.2) is 4.79 Å². The summed E-state index contributed by atoms with van der Waals surface area (Å²) in [4.78, 5) is 26.3. The fraction of sp³-hybridized carbons (Fsp3) is 0.263. The molecule has 0 spiro atoms. The molecule has 1 aliphatic heterocycles. The zero-order valence-corrected chi connectivity index (χ0v) is 13.8. The Hall–Kier alpha value is -2.82. The van der Waals surface area contributed by atoms with Crippen molar-refractivity contribution in [3.05, 3.63) is 65.7 Å². The van der Waals surface area contributed by atoms with E-state index in [1.165, 1.54) is 4.90 Å². The van der Waals surface area contributed by atoms with E-state index in [4.69, 9.17) is 4.74 Å². The molecule has 2 aromatic rings. The first kappa shape index (κ1) is 16.1. The molecule has 0 saturated carbocycles. The van der Waals surface area contributed by atoms with E-state index in [0.717, 1.165) is 16.9 Å². The Labute approximate surface area is 141 Å². The van der Waals surface area contributed by atoms with E-state index in [-0.39, 0.29) is 11.9 Å². The minimum Gasteiger partial charge on any atom is -0.497 e. The van der Waals surface area contributed by atoms with Gasteiger partial charge in [0.25, 0.3) is 5.91 Å². The highest BCUT2D eigenvalue weighted by Crippen LogP contribution is 2.28. The number of benzene rings is 2. The fourth-order valence-corrected chi connectivity index (χ4v) is 2.90. The predicted molar refractivity (Wildman–Crippen MR) is 90.7 cm³/mol. The number of rotatable bonds is 5. The summed E-state index contributed by atoms with van der Waals surface area (Å²) in [6.07, 6.45) is 0.605. The number of nitrogens with one attached hydrogen (secondary N) is 1. The number of imide groups is 1. The quantitative estimate of drug-likeness (QED) is 0.860. The molecule has 0 aliphatic carbocycles. The largest absolute Gasteiger partial charge is 0.497 e. The summed E-state index contributed by atoms with van der Waals surface area (Å²) in [6, 6.07) is 16.6. The van der Waals surface area contributed by atoms with Crippen LogP contribution in [0, 0.1) is 0 Å². The molecule has 1 aliphatic rings. The van der Waals surface area contributed by atoms with Gasteiger partial charge < -0.3 is 10.1 Å². The molecule has 1 unspecified atom stereocenters. The van der Waals surface area contributed by atoms with Crippen LogP contribution in [0.1, 0.15) is 18.1 Å². The van der Waals surface area contributed by atoms with Gasteiger partial charge in [0.2, 0.25) is 0 Å². The number of methoxy groups -OCH3 is 1. The minimum atomic E-state index is -1.00. The fourth-order valence-electron chi connectivity index (χ4n) is 2.90. The molecule has 24 heavy (non-hydrogen) atoms. The summed E-state index contributed by atoms with van der Waals surface area (Å²) in [7, 11) is 1.62. The first-order valence-electron chi connectivity index (χ1n) is 7.87. The summed E-state index contributed by atoms with van der Waals surface area (Å²) >= 11 is 0. The number of urea groups is 1. The van der Waals surface area contributed by atoms with E-state index in [9.17, 15) is 9.59 Å². The van der Waals surface area contributed by atoms with E-state index in [0.29, 0.717) is 13.0 Å². The Kier molecular flexibility index (Phi) is 4.25. The minimum absolute atomic E-state index is 0.216. The van der Waals surface area contributed by atoms with E-state index in [1.54, 1.807) is 14.0 Å². The van der Waals surface area contributed by atoms with Crippen LogP contribution in [0.4, 0.5) is 4.79 Å². The molecule has 0 radical (unpaired) electrons. The number of hydrogen-bond acceptors (Lipinski definition) is 3. The lowest BCUT2D eigenvalue weighted by Crippen LogP contribution is -2.41. The van der Waals surface area contributed by atoms with Crippen molar-refractivity contribution in [2.45, 2.75) is 18.9 Å². The average molecular weight is 324 g/mol. The number of amides is 3. The van der Waals surface area contributed by atoms with Crippen LogP contribution >= 0.6 is 0 Å². The monoisotopic (exact) mass is 324 g/mol. The van der Waals surface area contributed by atoms with Crippen LogP contribution in [0.3, 0.4) is 0 Å². The molecule has 1 atom stereocenters. The Morgan fingerprint density at radius 1 is 1.04 bits per heavy atom. The number of carbonyl (C=O) groups excluding carboxylic acids is 2. The molecule has 124 valence electrons. The molecule has 5 heteroatoms. The second-order valence-electron chi connectivity index (χ2n) is 5.98. The van der Waals surface area contributed by atoms with Crippen molar-refractivity contribution >= 4 is 11.9 Å². The van der Waals surface area contributed by atoms with Gasteiger partial charge >= 0.3 is 6.03 Å². The number of hydrogen-bond donors (Lipinski definition) is 1. The second kappa shape index (κ2) is 6.35. The molecule has 0 aromatic heterocycles. The smallest absolute Gasteiger partial charge is 0.325 e. The number of nitrogens with zero attached hydrogens (tertiary/aromatic N) is 1. The first-order chi connectivity index (χ1) is 11.5. The Bertz CT molecular complexity index is 743. The van der Waals surface area contributed by atoms with Gasteiger partial charge in [-0.3, -0.25) is 9.69 Å². The second-order valence-corrected chi connectivity index (χ2v) is 5.98. The van der Waals surface area contributed by atoms with Crippen molar-refractivity contribution in [1.82, 2.24) is 10.2 Å². The van der Waals surface area contributed by atoms with Gasteiger partial charge in [-0.2, -0.15) is 0 Å². The van der Waals surface area contributed by atoms with E-state index >= 15 is 0 Å². The maximum Gasteiger partial charge on any atom is 0.325 e. The highest BCUT2D eigenvalue weighted by atomic mass is 16.5. The molecular weight excluding hydrogens is 304 g/mol. The third-order valence-corrected chi connectivity index (χ3v) is 4.41. The predicted octanol–water partition coefficient (Wildman–Crippen LogP) is 2.70. The van der Waals surface area contributed by atoms with Crippen LogP contribution in [-0.2, 0) is 16.8 Å². The van der Waals surface area contributed by atoms with Crippen molar-refractivity contribution in [3.8, 4) is 5.75 Å². The van der Waals surface area contributed by atoms with Crippen LogP contribution in [-0.4, -0.2) is 30.5 Å². The molecule has 5 nitrogen and oxygen atoms in total. The van der Waals surface area contributed by atoms with Gasteiger partial charge in [0, 0.05) is 6.54 Å². The van der Waals surface area contributed by atoms with Gasteiger partial charge in [-0.05, 0) is 36.6 Å². The number of carbonyl (C=O) groups is 2. The standard InChI is InChI=1S/C19H20N2O3/c1-19(15-6-4-3-5-7-15)17(22)21(18(23)20-19)13-12-14-8-10-16(24-2)11-9-14/h3-11H,12-13H2,1-2H3,(H,20,23). The number of ether oxygens (including phenoxy) is 1. The van der Waals surface area contributed by atoms with Gasteiger partial charge in [0.1, 0.15) is 11.3 Å². The molecule has 3 amide bonds. The van der Waals surface area contributed by atoms with Crippen LogP contribution in [0.2, 0.25) is 0 Å². The molecule has 1 saturated heterocycles. The lowest BCUT2D eigenvalue weighted by Gasteiger charge is -2.22. The van der Waals surface area contributed by atoms with Crippen LogP contribution < -0.4 is 10.1 Å². The summed E-state index contributed by atoms with van der Waals surface area (Å²) in [6.45, 7) is 2.09. The highest BCUT2D eigenvalue weighted by molar-refractivity contribution is 6.07. The van der Waals surface area contributed by atoms with Crippen LogP contribution in [0.15, 0.2) is 54.6 Å². The SMILES string of the molecule is COc1ccc(CCN2C(=O)NC(C)(c3ccccc3)C2=O)cc1. The third kappa shape index (κ3) is 2.85. The zero-order valence-electron chi connectivity index (χ0n) is 13.8. The molecule has 1 N–H and O–H groups in total. The van der Waals surface area contributed by atoms with E-state index in [2.05, 4.69) is 5.32 Å². The van der Waals surface area contributed by atoms with E-state index in [1.807, 2.05) is 54.6 Å². The van der Waals surface area contributed by atoms with Crippen LogP contribution in [0.25, 0.3) is 0 Å². The summed E-state index contributed by atoms with van der Waals surface area (Å²) in [5.41, 5.74) is 0.832. The molecule has 0 bridgehead atoms. The van der Waals surface area contributed by atoms with E-state index < -0.39 is 5.54 Å².